The van der Waals surface area contributed by atoms with Crippen molar-refractivity contribution in [3.8, 4) is 11.5 Å². The monoisotopic (exact) mass is 597 g/mol. The molecule has 0 aromatic heterocycles. The number of rotatable bonds is 12. The van der Waals surface area contributed by atoms with Gasteiger partial charge >= 0.3 is 6.18 Å². The fourth-order valence-electron chi connectivity index (χ4n) is 3.47. The molecule has 1 amide bonds. The smallest absolute Gasteiger partial charge is 0.417 e. The van der Waals surface area contributed by atoms with Gasteiger partial charge in [0, 0.05) is 0 Å². The summed E-state index contributed by atoms with van der Waals surface area (Å²) < 4.78 is 79.1. The Balaban J connectivity index is 1.87. The van der Waals surface area contributed by atoms with E-state index in [1.54, 1.807) is 24.3 Å². The van der Waals surface area contributed by atoms with Crippen molar-refractivity contribution < 1.29 is 35.9 Å². The maximum Gasteiger partial charge on any atom is 0.417 e. The van der Waals surface area contributed by atoms with Crippen LogP contribution in [0.5, 0.6) is 11.5 Å². The number of amides is 1. The van der Waals surface area contributed by atoms with Gasteiger partial charge in [-0.2, -0.15) is 18.3 Å². The number of nitrogens with one attached hydrogen (secondary N) is 1. The Morgan fingerprint density at radius 2 is 1.75 bits per heavy atom. The number of nitrogens with zero attached hydrogens (tertiary/aromatic N) is 2. The molecule has 0 fully saturated rings. The third-order valence-corrected chi connectivity index (χ3v) is 7.41. The maximum atomic E-state index is 13.5. The quantitative estimate of drug-likeness (QED) is 0.207. The Morgan fingerprint density at radius 1 is 1.02 bits per heavy atom. The molecule has 3 aromatic carbocycles. The third kappa shape index (κ3) is 7.89. The fraction of sp³-hybridized carbons (Fsp3) is 0.259. The molecule has 13 heteroatoms. The van der Waals surface area contributed by atoms with Crippen LogP contribution in [0.2, 0.25) is 5.02 Å². The number of benzene rings is 3. The molecule has 0 spiro atoms. The second-order valence-corrected chi connectivity index (χ2v) is 10.5. The van der Waals surface area contributed by atoms with Gasteiger partial charge in [0.05, 0.1) is 40.6 Å². The predicted molar refractivity (Wildman–Crippen MR) is 147 cm³/mol. The van der Waals surface area contributed by atoms with Crippen molar-refractivity contribution in [3.63, 3.8) is 0 Å². The van der Waals surface area contributed by atoms with Crippen LogP contribution in [0.3, 0.4) is 0 Å². The lowest BCUT2D eigenvalue weighted by Crippen LogP contribution is -2.39. The van der Waals surface area contributed by atoms with Gasteiger partial charge in [0.25, 0.3) is 15.9 Å². The lowest BCUT2D eigenvalue weighted by atomic mass is 10.2. The molecule has 0 saturated carbocycles. The number of anilines is 1. The highest BCUT2D eigenvalue weighted by molar-refractivity contribution is 7.92. The van der Waals surface area contributed by atoms with Crippen molar-refractivity contribution >= 4 is 39.4 Å². The molecule has 3 aromatic rings. The summed E-state index contributed by atoms with van der Waals surface area (Å²) >= 11 is 5.71. The number of hydrazone groups is 1. The summed E-state index contributed by atoms with van der Waals surface area (Å²) in [4.78, 5) is 12.5. The van der Waals surface area contributed by atoms with Crippen molar-refractivity contribution in [2.24, 2.45) is 5.10 Å². The number of hydrogen-bond acceptors (Lipinski definition) is 6. The van der Waals surface area contributed by atoms with Gasteiger partial charge in [-0.05, 0) is 67.4 Å². The summed E-state index contributed by atoms with van der Waals surface area (Å²) in [6.45, 7) is 3.83. The van der Waals surface area contributed by atoms with E-state index in [0.29, 0.717) is 40.6 Å². The number of ether oxygens (including phenoxy) is 2. The van der Waals surface area contributed by atoms with E-state index >= 15 is 0 Å². The molecule has 0 atom stereocenters. The molecule has 0 heterocycles. The average molecular weight is 598 g/mol. The van der Waals surface area contributed by atoms with E-state index in [2.05, 4.69) is 10.5 Å². The Hall–Kier alpha value is -3.77. The van der Waals surface area contributed by atoms with Gasteiger partial charge in [-0.1, -0.05) is 36.7 Å². The van der Waals surface area contributed by atoms with Crippen LogP contribution in [0.25, 0.3) is 0 Å². The topological polar surface area (TPSA) is 97.3 Å². The zero-order chi connectivity index (χ0) is 29.3. The lowest BCUT2D eigenvalue weighted by Gasteiger charge is -2.24. The molecule has 214 valence electrons. The van der Waals surface area contributed by atoms with E-state index in [1.165, 1.54) is 30.5 Å². The molecule has 1 N–H and O–H groups in total. The van der Waals surface area contributed by atoms with Crippen molar-refractivity contribution in [2.75, 3.05) is 24.1 Å². The van der Waals surface area contributed by atoms with Gasteiger partial charge in [-0.15, -0.1) is 0 Å². The van der Waals surface area contributed by atoms with Crippen LogP contribution in [0.1, 0.15) is 31.4 Å². The zero-order valence-corrected chi connectivity index (χ0v) is 23.2. The van der Waals surface area contributed by atoms with E-state index in [4.69, 9.17) is 21.1 Å². The van der Waals surface area contributed by atoms with E-state index in [-0.39, 0.29) is 4.90 Å². The van der Waals surface area contributed by atoms with Crippen molar-refractivity contribution in [1.82, 2.24) is 5.43 Å². The summed E-state index contributed by atoms with van der Waals surface area (Å²) in [5, 5.41) is 3.25. The second kappa shape index (κ2) is 13.5. The molecule has 0 aliphatic rings. The lowest BCUT2D eigenvalue weighted by molar-refractivity contribution is -0.137. The van der Waals surface area contributed by atoms with E-state index in [1.807, 2.05) is 13.8 Å². The normalized spacial score (nSPS) is 11.8. The maximum absolute atomic E-state index is 13.5. The molecule has 0 unspecified atom stereocenters. The van der Waals surface area contributed by atoms with Crippen LogP contribution >= 0.6 is 11.6 Å². The van der Waals surface area contributed by atoms with Crippen molar-refractivity contribution in [2.45, 2.75) is 31.3 Å². The second-order valence-electron chi connectivity index (χ2n) is 8.27. The first kappa shape index (κ1) is 30.8. The van der Waals surface area contributed by atoms with Crippen LogP contribution in [0, 0.1) is 0 Å². The minimum atomic E-state index is -4.85. The first-order valence-electron chi connectivity index (χ1n) is 12.1. The summed E-state index contributed by atoms with van der Waals surface area (Å²) in [5.74, 6) is 0.134. The molecule has 0 aliphatic carbocycles. The minimum absolute atomic E-state index is 0.219. The molecule has 0 aliphatic heterocycles. The van der Waals surface area contributed by atoms with Gasteiger partial charge in [0.15, 0.2) is 11.5 Å². The van der Waals surface area contributed by atoms with Crippen molar-refractivity contribution in [1.29, 1.82) is 0 Å². The highest BCUT2D eigenvalue weighted by Gasteiger charge is 2.35. The molecule has 8 nitrogen and oxygen atoms in total. The highest BCUT2D eigenvalue weighted by Crippen LogP contribution is 2.38. The molecular weight excluding hydrogens is 571 g/mol. The van der Waals surface area contributed by atoms with Gasteiger partial charge < -0.3 is 9.47 Å². The number of carbonyl (C=O) groups is 1. The van der Waals surface area contributed by atoms with E-state index < -0.39 is 44.9 Å². The molecule has 0 radical (unpaired) electrons. The van der Waals surface area contributed by atoms with Gasteiger partial charge in [-0.3, -0.25) is 9.10 Å². The van der Waals surface area contributed by atoms with Crippen LogP contribution < -0.4 is 19.2 Å². The van der Waals surface area contributed by atoms with Crippen molar-refractivity contribution in [3.05, 3.63) is 82.9 Å². The summed E-state index contributed by atoms with van der Waals surface area (Å²) in [6, 6.07) is 14.6. The predicted octanol–water partition coefficient (Wildman–Crippen LogP) is 5.89. The Kier molecular flexibility index (Phi) is 10.4. The van der Waals surface area contributed by atoms with Crippen LogP contribution in [-0.4, -0.2) is 40.3 Å². The summed E-state index contributed by atoms with van der Waals surface area (Å²) in [6.07, 6.45) is -2.73. The molecule has 0 saturated heterocycles. The number of sulfonamides is 1. The average Bonchev–Trinajstić information content (AvgIpc) is 2.91. The number of carbonyl (C=O) groups excluding carboxylic acids is 1. The van der Waals surface area contributed by atoms with E-state index in [0.717, 1.165) is 18.6 Å². The van der Waals surface area contributed by atoms with Crippen LogP contribution in [-0.2, 0) is 21.0 Å². The van der Waals surface area contributed by atoms with Crippen LogP contribution in [0.15, 0.2) is 76.7 Å². The zero-order valence-electron chi connectivity index (χ0n) is 21.6. The molecular formula is C27H27ClF3N3O5S. The molecule has 40 heavy (non-hydrogen) atoms. The first-order chi connectivity index (χ1) is 19.0. The first-order valence-corrected chi connectivity index (χ1v) is 13.9. The molecule has 0 bridgehead atoms. The number of alkyl halides is 3. The van der Waals surface area contributed by atoms with Gasteiger partial charge in [-0.25, -0.2) is 13.8 Å². The number of halogens is 4. The summed E-state index contributed by atoms with van der Waals surface area (Å²) in [5.41, 5.74) is 1.13. The minimum Gasteiger partial charge on any atom is -0.490 e. The number of hydrogen-bond donors (Lipinski definition) is 1. The van der Waals surface area contributed by atoms with Gasteiger partial charge in [0.2, 0.25) is 0 Å². The summed E-state index contributed by atoms with van der Waals surface area (Å²) in [7, 11) is -4.45. The van der Waals surface area contributed by atoms with Crippen LogP contribution in [0.4, 0.5) is 18.9 Å². The third-order valence-electron chi connectivity index (χ3n) is 5.29. The van der Waals surface area contributed by atoms with Gasteiger partial charge in [0.1, 0.15) is 6.54 Å². The fourth-order valence-corrected chi connectivity index (χ4v) is 5.13. The standard InChI is InChI=1S/C27H27ClF3N3O5S/c1-3-14-39-24-13-10-19(15-25(24)38-4-2)17-32-33-26(35)18-34(40(36,37)21-8-6-5-7-9-21)20-11-12-23(28)22(16-20)27(29,30)31/h5-13,15-17H,3-4,14,18H2,1-2H3,(H,33,35)/b32-17-. The Bertz CT molecular complexity index is 1450. The highest BCUT2D eigenvalue weighted by atomic mass is 35.5. The Morgan fingerprint density at radius 3 is 2.40 bits per heavy atom. The van der Waals surface area contributed by atoms with E-state index in [9.17, 15) is 26.4 Å². The largest absolute Gasteiger partial charge is 0.490 e. The SMILES string of the molecule is CCCOc1ccc(/C=N\NC(=O)CN(c2ccc(Cl)c(C(F)(F)F)c2)S(=O)(=O)c2ccccc2)cc1OCC. The Labute approximate surface area is 235 Å². The molecule has 3 rings (SSSR count).